The topological polar surface area (TPSA) is 81.7 Å². The van der Waals surface area contributed by atoms with Crippen LogP contribution in [-0.4, -0.2) is 30.2 Å². The normalized spacial score (nSPS) is 11.0. The zero-order chi connectivity index (χ0) is 26.4. The van der Waals surface area contributed by atoms with Gasteiger partial charge in [-0.15, -0.1) is 0 Å². The van der Waals surface area contributed by atoms with Gasteiger partial charge in [0.25, 0.3) is 0 Å². The van der Waals surface area contributed by atoms with Crippen LogP contribution in [0.1, 0.15) is 43.6 Å². The molecule has 0 atom stereocenters. The lowest BCUT2D eigenvalue weighted by Crippen LogP contribution is -2.32. The maximum Gasteiger partial charge on any atom is 0.336 e. The summed E-state index contributed by atoms with van der Waals surface area (Å²) in [6, 6.07) is 16.2. The number of nitrogens with zero attached hydrogens (tertiary/aromatic N) is 1. The number of benzene rings is 3. The zero-order valence-electron chi connectivity index (χ0n) is 21.4. The molecule has 3 aromatic rings. The summed E-state index contributed by atoms with van der Waals surface area (Å²) in [7, 11) is 0. The number of urea groups is 1. The van der Waals surface area contributed by atoms with Crippen molar-refractivity contribution < 1.29 is 19.1 Å². The number of carbonyl (C=O) groups is 2. The Kier molecular flexibility index (Phi) is 8.69. The number of hydrogen-bond donors (Lipinski definition) is 3. The Bertz CT molecular complexity index is 1210. The molecule has 0 aliphatic carbocycles. The van der Waals surface area contributed by atoms with Crippen LogP contribution in [0.15, 0.2) is 60.7 Å². The first-order valence-corrected chi connectivity index (χ1v) is 12.1. The van der Waals surface area contributed by atoms with E-state index in [1.165, 1.54) is 12.1 Å². The molecule has 0 heterocycles. The predicted octanol–water partition coefficient (Wildman–Crippen LogP) is 7.26. The summed E-state index contributed by atoms with van der Waals surface area (Å²) in [6.45, 7) is 12.1. The number of aryl methyl sites for hydroxylation is 1. The van der Waals surface area contributed by atoms with Gasteiger partial charge in [-0.25, -0.2) is 14.0 Å². The van der Waals surface area contributed by atoms with E-state index in [1.54, 1.807) is 6.07 Å². The van der Waals surface area contributed by atoms with Crippen molar-refractivity contribution in [3.8, 4) is 11.1 Å². The van der Waals surface area contributed by atoms with E-state index in [2.05, 4.69) is 43.2 Å². The standard InChI is InChI=1S/C29H34FN3O3/c1-18(2)16-33(17-19(3)4)27-13-8-21(24-12-9-22(30)15-25(24)28(34)35)14-26(27)32-29(36)31-23-10-6-20(5)7-11-23/h6-15,18-19H,16-17H2,1-5H3,(H,34,35)(H2,31,32,36). The SMILES string of the molecule is Cc1ccc(NC(=O)Nc2cc(-c3ccc(F)cc3C(=O)O)ccc2N(CC(C)C)CC(C)C)cc1. The molecule has 7 heteroatoms. The van der Waals surface area contributed by atoms with Crippen molar-refractivity contribution in [3.05, 3.63) is 77.6 Å². The van der Waals surface area contributed by atoms with Gasteiger partial charge in [0.1, 0.15) is 5.82 Å². The number of rotatable bonds is 9. The van der Waals surface area contributed by atoms with Gasteiger partial charge in [-0.2, -0.15) is 0 Å². The van der Waals surface area contributed by atoms with Crippen molar-refractivity contribution in [1.29, 1.82) is 0 Å². The first-order chi connectivity index (χ1) is 17.0. The fraction of sp³-hybridized carbons (Fsp3) is 0.310. The Balaban J connectivity index is 2.05. The Morgan fingerprint density at radius 2 is 1.53 bits per heavy atom. The number of amides is 2. The third kappa shape index (κ3) is 7.07. The van der Waals surface area contributed by atoms with E-state index in [4.69, 9.17) is 0 Å². The highest BCUT2D eigenvalue weighted by Crippen LogP contribution is 2.34. The van der Waals surface area contributed by atoms with E-state index in [9.17, 15) is 19.1 Å². The minimum atomic E-state index is -1.22. The van der Waals surface area contributed by atoms with Crippen LogP contribution in [0.4, 0.5) is 26.2 Å². The van der Waals surface area contributed by atoms with Crippen molar-refractivity contribution in [1.82, 2.24) is 0 Å². The average molecular weight is 492 g/mol. The Labute approximate surface area is 212 Å². The maximum absolute atomic E-state index is 13.8. The smallest absolute Gasteiger partial charge is 0.336 e. The van der Waals surface area contributed by atoms with E-state index in [0.29, 0.717) is 34.3 Å². The molecule has 3 N–H and O–H groups in total. The second-order valence-corrected chi connectivity index (χ2v) is 9.86. The van der Waals surface area contributed by atoms with Crippen LogP contribution in [0, 0.1) is 24.6 Å². The van der Waals surface area contributed by atoms with Gasteiger partial charge in [-0.05, 0) is 66.3 Å². The third-order valence-electron chi connectivity index (χ3n) is 5.59. The highest BCUT2D eigenvalue weighted by molar-refractivity contribution is 6.03. The van der Waals surface area contributed by atoms with Gasteiger partial charge in [0.15, 0.2) is 0 Å². The summed E-state index contributed by atoms with van der Waals surface area (Å²) >= 11 is 0. The molecule has 0 radical (unpaired) electrons. The lowest BCUT2D eigenvalue weighted by molar-refractivity contribution is 0.0697. The molecular weight excluding hydrogens is 457 g/mol. The number of hydrogen-bond acceptors (Lipinski definition) is 3. The van der Waals surface area contributed by atoms with Crippen molar-refractivity contribution in [3.63, 3.8) is 0 Å². The van der Waals surface area contributed by atoms with Gasteiger partial charge in [0, 0.05) is 18.8 Å². The number of nitrogens with one attached hydrogen (secondary N) is 2. The quantitative estimate of drug-likeness (QED) is 0.294. The number of anilines is 3. The fourth-order valence-electron chi connectivity index (χ4n) is 4.10. The van der Waals surface area contributed by atoms with Crippen LogP contribution in [0.25, 0.3) is 11.1 Å². The molecule has 0 fully saturated rings. The Morgan fingerprint density at radius 3 is 2.11 bits per heavy atom. The van der Waals surface area contributed by atoms with Crippen molar-refractivity contribution in [2.24, 2.45) is 11.8 Å². The van der Waals surface area contributed by atoms with E-state index in [1.807, 2.05) is 43.3 Å². The minimum absolute atomic E-state index is 0.140. The largest absolute Gasteiger partial charge is 0.478 e. The fourth-order valence-corrected chi connectivity index (χ4v) is 4.10. The van der Waals surface area contributed by atoms with Crippen LogP contribution in [0.5, 0.6) is 0 Å². The van der Waals surface area contributed by atoms with Crippen LogP contribution < -0.4 is 15.5 Å². The van der Waals surface area contributed by atoms with Crippen LogP contribution in [-0.2, 0) is 0 Å². The highest BCUT2D eigenvalue weighted by atomic mass is 19.1. The molecule has 0 bridgehead atoms. The van der Waals surface area contributed by atoms with E-state index >= 15 is 0 Å². The molecule has 3 rings (SSSR count). The molecule has 3 aromatic carbocycles. The molecule has 0 saturated heterocycles. The number of carbonyl (C=O) groups excluding carboxylic acids is 1. The molecule has 2 amide bonds. The molecule has 0 aromatic heterocycles. The van der Waals surface area contributed by atoms with E-state index < -0.39 is 17.8 Å². The summed E-state index contributed by atoms with van der Waals surface area (Å²) in [5, 5.41) is 15.4. The lowest BCUT2D eigenvalue weighted by atomic mass is 9.98. The molecule has 0 saturated carbocycles. The van der Waals surface area contributed by atoms with Crippen LogP contribution in [0.3, 0.4) is 0 Å². The van der Waals surface area contributed by atoms with Gasteiger partial charge in [0.2, 0.25) is 0 Å². The van der Waals surface area contributed by atoms with E-state index in [-0.39, 0.29) is 5.56 Å². The average Bonchev–Trinajstić information content (AvgIpc) is 2.79. The van der Waals surface area contributed by atoms with Gasteiger partial charge < -0.3 is 20.6 Å². The summed E-state index contributed by atoms with van der Waals surface area (Å²) in [6.07, 6.45) is 0. The summed E-state index contributed by atoms with van der Waals surface area (Å²) in [5.41, 5.74) is 3.91. The number of carboxylic acid groups (broad SMARTS) is 1. The first-order valence-electron chi connectivity index (χ1n) is 12.1. The number of aromatic carboxylic acids is 1. The van der Waals surface area contributed by atoms with E-state index in [0.717, 1.165) is 30.4 Å². The van der Waals surface area contributed by atoms with Gasteiger partial charge in [0.05, 0.1) is 16.9 Å². The number of carboxylic acids is 1. The molecule has 190 valence electrons. The zero-order valence-corrected chi connectivity index (χ0v) is 21.4. The molecule has 6 nitrogen and oxygen atoms in total. The second-order valence-electron chi connectivity index (χ2n) is 9.86. The highest BCUT2D eigenvalue weighted by Gasteiger charge is 2.19. The van der Waals surface area contributed by atoms with Gasteiger partial charge in [-0.1, -0.05) is 57.5 Å². The monoisotopic (exact) mass is 491 g/mol. The summed E-state index contributed by atoms with van der Waals surface area (Å²) in [4.78, 5) is 27.0. The number of halogens is 1. The predicted molar refractivity (Wildman–Crippen MR) is 145 cm³/mol. The van der Waals surface area contributed by atoms with Crippen LogP contribution >= 0.6 is 0 Å². The Hall–Kier alpha value is -3.87. The molecule has 0 aliphatic rings. The molecule has 0 aliphatic heterocycles. The van der Waals surface area contributed by atoms with Crippen molar-refractivity contribution in [2.45, 2.75) is 34.6 Å². The van der Waals surface area contributed by atoms with Crippen LogP contribution in [0.2, 0.25) is 0 Å². The molecule has 0 spiro atoms. The summed E-state index contributed by atoms with van der Waals surface area (Å²) < 4.78 is 13.8. The minimum Gasteiger partial charge on any atom is -0.478 e. The van der Waals surface area contributed by atoms with Gasteiger partial charge in [-0.3, -0.25) is 0 Å². The lowest BCUT2D eigenvalue weighted by Gasteiger charge is -2.31. The maximum atomic E-state index is 13.8. The molecular formula is C29H34FN3O3. The van der Waals surface area contributed by atoms with Gasteiger partial charge >= 0.3 is 12.0 Å². The second kappa shape index (κ2) is 11.7. The Morgan fingerprint density at radius 1 is 0.889 bits per heavy atom. The van der Waals surface area contributed by atoms with Crippen molar-refractivity contribution >= 4 is 29.1 Å². The molecule has 36 heavy (non-hydrogen) atoms. The summed E-state index contributed by atoms with van der Waals surface area (Å²) in [5.74, 6) is -1.08. The molecule has 0 unspecified atom stereocenters. The first kappa shape index (κ1) is 26.7. The third-order valence-corrected chi connectivity index (χ3v) is 5.59. The van der Waals surface area contributed by atoms with Crippen molar-refractivity contribution in [2.75, 3.05) is 28.6 Å².